The molecule has 2 aromatic heterocycles. The van der Waals surface area contributed by atoms with Crippen LogP contribution in [0.5, 0.6) is 0 Å². The van der Waals surface area contributed by atoms with E-state index in [4.69, 9.17) is 16.6 Å². The predicted molar refractivity (Wildman–Crippen MR) is 109 cm³/mol. The maximum absolute atomic E-state index is 12.7. The van der Waals surface area contributed by atoms with Gasteiger partial charge in [-0.25, -0.2) is 4.98 Å². The van der Waals surface area contributed by atoms with Crippen molar-refractivity contribution >= 4 is 33.2 Å². The molecule has 3 aromatic rings. The number of aromatic nitrogens is 2. The molecule has 0 aliphatic heterocycles. The van der Waals surface area contributed by atoms with Crippen molar-refractivity contribution in [2.75, 3.05) is 0 Å². The molecule has 1 aliphatic rings. The highest BCUT2D eigenvalue weighted by atomic mass is 35.5. The van der Waals surface area contributed by atoms with Crippen molar-refractivity contribution in [1.29, 1.82) is 0 Å². The molecule has 0 spiro atoms. The van der Waals surface area contributed by atoms with Crippen molar-refractivity contribution in [2.24, 2.45) is 11.3 Å². The summed E-state index contributed by atoms with van der Waals surface area (Å²) in [4.78, 5) is 22.8. The molecule has 1 N–H and O–H groups in total. The van der Waals surface area contributed by atoms with Crippen molar-refractivity contribution in [3.8, 4) is 0 Å². The Kier molecular flexibility index (Phi) is 4.44. The topological polar surface area (TPSA) is 45.8 Å². The van der Waals surface area contributed by atoms with Gasteiger partial charge in [-0.3, -0.25) is 4.79 Å². The molecule has 0 radical (unpaired) electrons. The van der Waals surface area contributed by atoms with E-state index in [1.54, 1.807) is 11.3 Å². The van der Waals surface area contributed by atoms with Gasteiger partial charge in [-0.05, 0) is 53.9 Å². The third kappa shape index (κ3) is 3.33. The van der Waals surface area contributed by atoms with Crippen molar-refractivity contribution in [3.05, 3.63) is 61.5 Å². The van der Waals surface area contributed by atoms with Crippen LogP contribution in [0.2, 0.25) is 5.02 Å². The van der Waals surface area contributed by atoms with Gasteiger partial charge in [0.15, 0.2) is 0 Å². The minimum Gasteiger partial charge on any atom is -0.310 e. The Morgan fingerprint density at radius 3 is 2.69 bits per heavy atom. The molecule has 4 rings (SSSR count). The normalized spacial score (nSPS) is 17.5. The molecule has 0 bridgehead atoms. The zero-order chi connectivity index (χ0) is 18.5. The summed E-state index contributed by atoms with van der Waals surface area (Å²) in [6.07, 6.45) is 3.80. The Labute approximate surface area is 162 Å². The Morgan fingerprint density at radius 1 is 1.27 bits per heavy atom. The Bertz CT molecular complexity index is 1010. The van der Waals surface area contributed by atoms with Crippen LogP contribution < -0.4 is 5.56 Å². The van der Waals surface area contributed by atoms with Crippen LogP contribution in [0.25, 0.3) is 10.2 Å². The lowest BCUT2D eigenvalue weighted by Crippen LogP contribution is -2.26. The number of fused-ring (bicyclic) bond motifs is 3. The van der Waals surface area contributed by atoms with Crippen LogP contribution in [0.4, 0.5) is 0 Å². The maximum atomic E-state index is 12.7. The van der Waals surface area contributed by atoms with Gasteiger partial charge in [-0.1, -0.05) is 44.5 Å². The van der Waals surface area contributed by atoms with Gasteiger partial charge in [0.2, 0.25) is 0 Å². The van der Waals surface area contributed by atoms with E-state index in [1.807, 2.05) is 24.3 Å². The molecule has 0 fully saturated rings. The van der Waals surface area contributed by atoms with E-state index < -0.39 is 0 Å². The number of nitrogens with zero attached hydrogens (tertiary/aromatic N) is 1. The first-order chi connectivity index (χ1) is 12.3. The number of nitrogens with one attached hydrogen (secondary N) is 1. The SMILES string of the molecule is CC(C)(C)C1CCc2c(sc3nc(Cc4ccc(Cl)cc4)[nH]c(=O)c23)C1. The minimum atomic E-state index is 0.00525. The fraction of sp³-hybridized carbons (Fsp3) is 0.429. The van der Waals surface area contributed by atoms with Gasteiger partial charge in [0.1, 0.15) is 10.7 Å². The molecule has 136 valence electrons. The molecule has 2 heterocycles. The maximum Gasteiger partial charge on any atom is 0.259 e. The van der Waals surface area contributed by atoms with Gasteiger partial charge in [-0.15, -0.1) is 11.3 Å². The smallest absolute Gasteiger partial charge is 0.259 e. The van der Waals surface area contributed by atoms with Crippen LogP contribution in [-0.4, -0.2) is 9.97 Å². The zero-order valence-electron chi connectivity index (χ0n) is 15.4. The number of aryl methyl sites for hydroxylation is 1. The second kappa shape index (κ2) is 6.50. The lowest BCUT2D eigenvalue weighted by Gasteiger charge is -2.33. The summed E-state index contributed by atoms with van der Waals surface area (Å²) in [7, 11) is 0. The lowest BCUT2D eigenvalue weighted by molar-refractivity contribution is 0.218. The van der Waals surface area contributed by atoms with Crippen LogP contribution in [0.3, 0.4) is 0 Å². The molecule has 0 saturated heterocycles. The molecule has 1 atom stereocenters. The predicted octanol–water partition coefficient (Wildman–Crippen LogP) is 5.38. The molecule has 5 heteroatoms. The van der Waals surface area contributed by atoms with Crippen LogP contribution in [0, 0.1) is 11.3 Å². The van der Waals surface area contributed by atoms with E-state index in [9.17, 15) is 4.79 Å². The lowest BCUT2D eigenvalue weighted by atomic mass is 9.72. The van der Waals surface area contributed by atoms with Crippen molar-refractivity contribution in [3.63, 3.8) is 0 Å². The van der Waals surface area contributed by atoms with Gasteiger partial charge in [0.25, 0.3) is 5.56 Å². The van der Waals surface area contributed by atoms with Crippen molar-refractivity contribution in [2.45, 2.75) is 46.5 Å². The third-order valence-electron chi connectivity index (χ3n) is 5.48. The molecule has 0 amide bonds. The molecule has 3 nitrogen and oxygen atoms in total. The first-order valence-corrected chi connectivity index (χ1v) is 10.3. The molecular weight excluding hydrogens is 364 g/mol. The second-order valence-electron chi connectivity index (χ2n) is 8.31. The standard InChI is InChI=1S/C21H23ClN2OS/c1-21(2,3)13-6-9-15-16(11-13)26-20-18(15)19(25)23-17(24-20)10-12-4-7-14(22)8-5-12/h4-5,7-8,13H,6,9-11H2,1-3H3,(H,23,24,25). The summed E-state index contributed by atoms with van der Waals surface area (Å²) >= 11 is 7.66. The fourth-order valence-electron chi connectivity index (χ4n) is 3.85. The molecule has 1 aromatic carbocycles. The van der Waals surface area contributed by atoms with Crippen molar-refractivity contribution < 1.29 is 0 Å². The van der Waals surface area contributed by atoms with Crippen LogP contribution in [0.15, 0.2) is 29.1 Å². The van der Waals surface area contributed by atoms with Crippen molar-refractivity contribution in [1.82, 2.24) is 9.97 Å². The summed E-state index contributed by atoms with van der Waals surface area (Å²) in [5.41, 5.74) is 2.63. The molecule has 1 aliphatic carbocycles. The quantitative estimate of drug-likeness (QED) is 0.642. The average Bonchev–Trinajstić information content (AvgIpc) is 2.94. The van der Waals surface area contributed by atoms with Crippen LogP contribution >= 0.6 is 22.9 Å². The monoisotopic (exact) mass is 386 g/mol. The second-order valence-corrected chi connectivity index (χ2v) is 9.83. The van der Waals surface area contributed by atoms with E-state index in [0.717, 1.165) is 40.9 Å². The number of benzene rings is 1. The van der Waals surface area contributed by atoms with E-state index in [1.165, 1.54) is 10.4 Å². The van der Waals surface area contributed by atoms with Crippen LogP contribution in [0.1, 0.15) is 49.0 Å². The Hall–Kier alpha value is -1.65. The highest BCUT2D eigenvalue weighted by Crippen LogP contribution is 2.42. The largest absolute Gasteiger partial charge is 0.310 e. The zero-order valence-corrected chi connectivity index (χ0v) is 16.9. The van der Waals surface area contributed by atoms with Gasteiger partial charge < -0.3 is 4.98 Å². The highest BCUT2D eigenvalue weighted by Gasteiger charge is 2.31. The summed E-state index contributed by atoms with van der Waals surface area (Å²) in [5, 5.41) is 1.53. The van der Waals surface area contributed by atoms with Gasteiger partial charge in [-0.2, -0.15) is 0 Å². The Morgan fingerprint density at radius 2 is 2.00 bits per heavy atom. The number of H-pyrrole nitrogens is 1. The van der Waals surface area contributed by atoms with Gasteiger partial charge in [0.05, 0.1) is 5.39 Å². The van der Waals surface area contributed by atoms with E-state index in [-0.39, 0.29) is 5.56 Å². The third-order valence-corrected chi connectivity index (χ3v) is 6.88. The number of hydrogen-bond acceptors (Lipinski definition) is 3. The number of halogens is 1. The summed E-state index contributed by atoms with van der Waals surface area (Å²) < 4.78 is 0. The first-order valence-electron chi connectivity index (χ1n) is 9.09. The first kappa shape index (κ1) is 17.7. The average molecular weight is 387 g/mol. The summed E-state index contributed by atoms with van der Waals surface area (Å²) in [6.45, 7) is 6.93. The highest BCUT2D eigenvalue weighted by molar-refractivity contribution is 7.18. The fourth-order valence-corrected chi connectivity index (χ4v) is 5.29. The number of aromatic amines is 1. The molecule has 26 heavy (non-hydrogen) atoms. The van der Waals surface area contributed by atoms with E-state index >= 15 is 0 Å². The number of rotatable bonds is 2. The molecular formula is C21H23ClN2OS. The van der Waals surface area contributed by atoms with E-state index in [0.29, 0.717) is 22.8 Å². The van der Waals surface area contributed by atoms with Gasteiger partial charge in [0, 0.05) is 16.3 Å². The van der Waals surface area contributed by atoms with E-state index in [2.05, 4.69) is 25.8 Å². The number of hydrogen-bond donors (Lipinski definition) is 1. The summed E-state index contributed by atoms with van der Waals surface area (Å²) in [5.74, 6) is 1.38. The molecule has 0 saturated carbocycles. The summed E-state index contributed by atoms with van der Waals surface area (Å²) in [6, 6.07) is 7.67. The molecule has 1 unspecified atom stereocenters. The van der Waals surface area contributed by atoms with Crippen LogP contribution in [-0.2, 0) is 19.3 Å². The van der Waals surface area contributed by atoms with Gasteiger partial charge >= 0.3 is 0 Å². The minimum absolute atomic E-state index is 0.00525. The Balaban J connectivity index is 1.70. The number of thiophene rings is 1.